The van der Waals surface area contributed by atoms with Crippen LogP contribution in [0.5, 0.6) is 0 Å². The molecule has 4 nitrogen and oxygen atoms in total. The Balaban J connectivity index is 2.07. The van der Waals surface area contributed by atoms with E-state index in [1.54, 1.807) is 19.2 Å². The summed E-state index contributed by atoms with van der Waals surface area (Å²) in [6.07, 6.45) is 0.672. The molecule has 0 saturated carbocycles. The third-order valence-corrected chi connectivity index (χ3v) is 5.24. The summed E-state index contributed by atoms with van der Waals surface area (Å²) >= 11 is 0. The average molecular weight is 305 g/mol. The number of likely N-dealkylation sites (N-methyl/N-ethyl adjacent to an activating group) is 1. The van der Waals surface area contributed by atoms with Crippen LogP contribution in [0.3, 0.4) is 0 Å². The second-order valence-electron chi connectivity index (χ2n) is 4.86. The maximum Gasteiger partial charge on any atom is 0.242 e. The minimum Gasteiger partial charge on any atom is -0.392 e. The monoisotopic (exact) mass is 305 g/mol. The molecule has 0 fully saturated rings. The van der Waals surface area contributed by atoms with Gasteiger partial charge in [0.05, 0.1) is 11.5 Å². The second kappa shape index (κ2) is 6.85. The van der Waals surface area contributed by atoms with Gasteiger partial charge in [-0.2, -0.15) is 0 Å². The van der Waals surface area contributed by atoms with Crippen molar-refractivity contribution in [3.8, 4) is 0 Å². The predicted molar refractivity (Wildman–Crippen MR) is 82.3 cm³/mol. The van der Waals surface area contributed by atoms with Gasteiger partial charge in [0.25, 0.3) is 0 Å². The normalized spacial score (nSPS) is 11.8. The molecule has 112 valence electrons. The molecule has 0 aliphatic heterocycles. The molecular formula is C16H19NO3S. The minimum absolute atomic E-state index is 0.0931. The van der Waals surface area contributed by atoms with Gasteiger partial charge in [-0.05, 0) is 29.7 Å². The average Bonchev–Trinajstić information content (AvgIpc) is 2.53. The Morgan fingerprint density at radius 3 is 2.14 bits per heavy atom. The summed E-state index contributed by atoms with van der Waals surface area (Å²) in [4.78, 5) is 0.246. The summed E-state index contributed by atoms with van der Waals surface area (Å²) in [5, 5.41) is 8.99. The Morgan fingerprint density at radius 1 is 0.952 bits per heavy atom. The Morgan fingerprint density at radius 2 is 1.57 bits per heavy atom. The zero-order valence-corrected chi connectivity index (χ0v) is 12.8. The van der Waals surface area contributed by atoms with Crippen LogP contribution in [0.25, 0.3) is 0 Å². The van der Waals surface area contributed by atoms with E-state index >= 15 is 0 Å². The van der Waals surface area contributed by atoms with Crippen LogP contribution in [-0.4, -0.2) is 31.4 Å². The van der Waals surface area contributed by atoms with E-state index in [9.17, 15) is 8.42 Å². The van der Waals surface area contributed by atoms with Gasteiger partial charge in [0, 0.05) is 13.6 Å². The Kier molecular flexibility index (Phi) is 5.12. The number of rotatable bonds is 6. The molecule has 0 aromatic heterocycles. The van der Waals surface area contributed by atoms with Crippen LogP contribution >= 0.6 is 0 Å². The molecule has 5 heteroatoms. The predicted octanol–water partition coefficient (Wildman–Crippen LogP) is 2.04. The standard InChI is InChI=1S/C16H19NO3S/c1-17(12-11-14-5-3-2-4-6-14)21(19,20)16-9-7-15(13-18)8-10-16/h2-10,18H,11-13H2,1H3. The second-order valence-corrected chi connectivity index (χ2v) is 6.91. The molecule has 0 heterocycles. The van der Waals surface area contributed by atoms with Gasteiger partial charge in [0.1, 0.15) is 0 Å². The summed E-state index contributed by atoms with van der Waals surface area (Å²) in [6.45, 7) is 0.332. The van der Waals surface area contributed by atoms with E-state index in [4.69, 9.17) is 5.11 Å². The third kappa shape index (κ3) is 3.91. The van der Waals surface area contributed by atoms with Crippen LogP contribution in [0.15, 0.2) is 59.5 Å². The minimum atomic E-state index is -3.48. The highest BCUT2D eigenvalue weighted by atomic mass is 32.2. The van der Waals surface area contributed by atoms with E-state index in [0.717, 1.165) is 5.56 Å². The van der Waals surface area contributed by atoms with Gasteiger partial charge in [0.15, 0.2) is 0 Å². The van der Waals surface area contributed by atoms with Crippen LogP contribution in [-0.2, 0) is 23.1 Å². The number of hydrogen-bond acceptors (Lipinski definition) is 3. The summed E-state index contributed by atoms with van der Waals surface area (Å²) in [5.74, 6) is 0. The number of nitrogens with zero attached hydrogens (tertiary/aromatic N) is 1. The van der Waals surface area contributed by atoms with Crippen molar-refractivity contribution in [2.24, 2.45) is 0 Å². The zero-order chi connectivity index (χ0) is 15.3. The van der Waals surface area contributed by atoms with E-state index < -0.39 is 10.0 Å². The van der Waals surface area contributed by atoms with Crippen LogP contribution in [0.1, 0.15) is 11.1 Å². The van der Waals surface area contributed by atoms with Crippen molar-refractivity contribution in [1.82, 2.24) is 4.31 Å². The van der Waals surface area contributed by atoms with Crippen LogP contribution in [0.2, 0.25) is 0 Å². The maximum absolute atomic E-state index is 12.4. The first-order valence-electron chi connectivity index (χ1n) is 6.74. The van der Waals surface area contributed by atoms with Crippen molar-refractivity contribution in [1.29, 1.82) is 0 Å². The summed E-state index contributed by atoms with van der Waals surface area (Å²) < 4.78 is 26.2. The smallest absolute Gasteiger partial charge is 0.242 e. The molecule has 0 amide bonds. The van der Waals surface area contributed by atoms with Crippen LogP contribution in [0.4, 0.5) is 0 Å². The molecule has 21 heavy (non-hydrogen) atoms. The van der Waals surface area contributed by atoms with E-state index in [-0.39, 0.29) is 11.5 Å². The lowest BCUT2D eigenvalue weighted by Crippen LogP contribution is -2.29. The molecule has 1 N–H and O–H groups in total. The zero-order valence-electron chi connectivity index (χ0n) is 11.9. The fourth-order valence-electron chi connectivity index (χ4n) is 2.00. The molecular weight excluding hydrogens is 286 g/mol. The lowest BCUT2D eigenvalue weighted by molar-refractivity contribution is 0.281. The first kappa shape index (κ1) is 15.7. The number of benzene rings is 2. The lowest BCUT2D eigenvalue weighted by Gasteiger charge is -2.17. The highest BCUT2D eigenvalue weighted by Gasteiger charge is 2.20. The van der Waals surface area contributed by atoms with Crippen molar-refractivity contribution in [3.63, 3.8) is 0 Å². The number of sulfonamides is 1. The molecule has 0 saturated heterocycles. The molecule has 0 aliphatic carbocycles. The van der Waals surface area contributed by atoms with Crippen LogP contribution < -0.4 is 0 Å². The number of aliphatic hydroxyl groups excluding tert-OH is 1. The van der Waals surface area contributed by atoms with E-state index in [2.05, 4.69) is 0 Å². The topological polar surface area (TPSA) is 57.6 Å². The molecule has 2 aromatic carbocycles. The molecule has 0 unspecified atom stereocenters. The Labute approximate surface area is 125 Å². The van der Waals surface area contributed by atoms with Gasteiger partial charge >= 0.3 is 0 Å². The fourth-order valence-corrected chi connectivity index (χ4v) is 3.17. The number of hydrogen-bond donors (Lipinski definition) is 1. The van der Waals surface area contributed by atoms with Gasteiger partial charge in [-0.3, -0.25) is 0 Å². The molecule has 0 bridgehead atoms. The largest absolute Gasteiger partial charge is 0.392 e. The molecule has 0 aliphatic rings. The number of aliphatic hydroxyl groups is 1. The van der Waals surface area contributed by atoms with Crippen LogP contribution in [0, 0.1) is 0 Å². The summed E-state index contributed by atoms with van der Waals surface area (Å²) in [6, 6.07) is 16.1. The van der Waals surface area contributed by atoms with Gasteiger partial charge in [-0.25, -0.2) is 12.7 Å². The van der Waals surface area contributed by atoms with E-state index in [1.165, 1.54) is 16.4 Å². The van der Waals surface area contributed by atoms with Crippen molar-refractivity contribution in [2.45, 2.75) is 17.9 Å². The van der Waals surface area contributed by atoms with Crippen molar-refractivity contribution in [2.75, 3.05) is 13.6 Å². The quantitative estimate of drug-likeness (QED) is 0.888. The first-order chi connectivity index (χ1) is 10.0. The van der Waals surface area contributed by atoms with Gasteiger partial charge < -0.3 is 5.11 Å². The van der Waals surface area contributed by atoms with Crippen molar-refractivity contribution >= 4 is 10.0 Å². The van der Waals surface area contributed by atoms with Crippen molar-refractivity contribution in [3.05, 3.63) is 65.7 Å². The van der Waals surface area contributed by atoms with Crippen molar-refractivity contribution < 1.29 is 13.5 Å². The molecule has 0 spiro atoms. The third-order valence-electron chi connectivity index (χ3n) is 3.37. The highest BCUT2D eigenvalue weighted by molar-refractivity contribution is 7.89. The SMILES string of the molecule is CN(CCc1ccccc1)S(=O)(=O)c1ccc(CO)cc1. The first-order valence-corrected chi connectivity index (χ1v) is 8.18. The molecule has 0 atom stereocenters. The fraction of sp³-hybridized carbons (Fsp3) is 0.250. The van der Waals surface area contributed by atoms with E-state index in [0.29, 0.717) is 18.5 Å². The highest BCUT2D eigenvalue weighted by Crippen LogP contribution is 2.16. The Hall–Kier alpha value is -1.69. The molecule has 0 radical (unpaired) electrons. The lowest BCUT2D eigenvalue weighted by atomic mass is 10.2. The molecule has 2 aromatic rings. The van der Waals surface area contributed by atoms with Gasteiger partial charge in [-0.1, -0.05) is 42.5 Å². The Bertz CT molecular complexity index is 666. The maximum atomic E-state index is 12.4. The summed E-state index contributed by atoms with van der Waals surface area (Å²) in [5.41, 5.74) is 1.80. The molecule has 2 rings (SSSR count). The van der Waals surface area contributed by atoms with Gasteiger partial charge in [0.2, 0.25) is 10.0 Å². The van der Waals surface area contributed by atoms with Gasteiger partial charge in [-0.15, -0.1) is 0 Å². The summed E-state index contributed by atoms with van der Waals surface area (Å²) in [7, 11) is -1.90. The van der Waals surface area contributed by atoms with E-state index in [1.807, 2.05) is 30.3 Å².